The largest absolute Gasteiger partial charge is 0.446 e. The Kier molecular flexibility index (Phi) is 7.45. The van der Waals surface area contributed by atoms with E-state index in [1.54, 1.807) is 24.1 Å². The molecule has 2 amide bonds. The lowest BCUT2D eigenvalue weighted by Crippen LogP contribution is -2.34. The second kappa shape index (κ2) is 10.2. The molecule has 1 aliphatic rings. The lowest BCUT2D eigenvalue weighted by atomic mass is 10.0. The smallest absolute Gasteiger partial charge is 0.407 e. The lowest BCUT2D eigenvalue weighted by Gasteiger charge is -2.16. The number of hydrogen-bond acceptors (Lipinski definition) is 6. The molecule has 0 aliphatic heterocycles. The van der Waals surface area contributed by atoms with Crippen LogP contribution in [0.15, 0.2) is 18.3 Å². The van der Waals surface area contributed by atoms with Crippen molar-refractivity contribution >= 4 is 17.8 Å². The summed E-state index contributed by atoms with van der Waals surface area (Å²) in [4.78, 5) is 24.5. The predicted molar refractivity (Wildman–Crippen MR) is 110 cm³/mol. The van der Waals surface area contributed by atoms with Crippen LogP contribution in [0.2, 0.25) is 0 Å². The molecule has 3 atom stereocenters. The van der Waals surface area contributed by atoms with E-state index in [9.17, 15) is 9.59 Å². The van der Waals surface area contributed by atoms with Crippen LogP contribution in [-0.2, 0) is 16.0 Å². The number of rotatable bonds is 9. The average Bonchev–Trinajstić information content (AvgIpc) is 3.46. The highest BCUT2D eigenvalue weighted by atomic mass is 16.6. The molecular formula is C20H30N6O4. The Labute approximate surface area is 175 Å². The molecular weight excluding hydrogens is 388 g/mol. The van der Waals surface area contributed by atoms with Crippen LogP contribution >= 0.6 is 0 Å². The number of amides is 2. The predicted octanol–water partition coefficient (Wildman–Crippen LogP) is 2.67. The summed E-state index contributed by atoms with van der Waals surface area (Å²) in [5.41, 5.74) is 1.37. The van der Waals surface area contributed by atoms with Gasteiger partial charge in [0, 0.05) is 37.0 Å². The Balaban J connectivity index is 1.52. The number of hydrogen-bond donors (Lipinski definition) is 3. The number of nitrogens with one attached hydrogen (secondary N) is 3. The van der Waals surface area contributed by atoms with E-state index >= 15 is 0 Å². The first kappa shape index (κ1) is 21.8. The number of ether oxygens (including phenoxy) is 2. The molecule has 10 nitrogen and oxygen atoms in total. The molecule has 0 radical (unpaired) electrons. The van der Waals surface area contributed by atoms with E-state index in [4.69, 9.17) is 9.47 Å². The third-order valence-electron chi connectivity index (χ3n) is 5.37. The summed E-state index contributed by atoms with van der Waals surface area (Å²) in [7, 11) is 1.60. The van der Waals surface area contributed by atoms with Crippen LogP contribution in [0.3, 0.4) is 0 Å². The van der Waals surface area contributed by atoms with Gasteiger partial charge in [-0.15, -0.1) is 0 Å². The van der Waals surface area contributed by atoms with E-state index < -0.39 is 0 Å². The van der Waals surface area contributed by atoms with Crippen molar-refractivity contribution < 1.29 is 19.1 Å². The number of alkyl carbamates (subject to hydrolysis) is 1. The van der Waals surface area contributed by atoms with Crippen molar-refractivity contribution in [1.82, 2.24) is 25.3 Å². The summed E-state index contributed by atoms with van der Waals surface area (Å²) in [6, 6.07) is 3.58. The monoisotopic (exact) mass is 418 g/mol. The third-order valence-corrected chi connectivity index (χ3v) is 5.37. The molecule has 1 aliphatic carbocycles. The van der Waals surface area contributed by atoms with E-state index in [1.807, 2.05) is 19.9 Å². The van der Waals surface area contributed by atoms with Gasteiger partial charge in [-0.3, -0.25) is 14.6 Å². The van der Waals surface area contributed by atoms with Crippen LogP contribution in [0.1, 0.15) is 61.6 Å². The van der Waals surface area contributed by atoms with Gasteiger partial charge in [0.1, 0.15) is 11.8 Å². The van der Waals surface area contributed by atoms with Gasteiger partial charge in [-0.25, -0.2) is 4.79 Å². The highest BCUT2D eigenvalue weighted by Crippen LogP contribution is 2.35. The topological polar surface area (TPSA) is 123 Å². The molecule has 3 N–H and O–H groups in total. The van der Waals surface area contributed by atoms with Crippen molar-refractivity contribution in [2.24, 2.45) is 0 Å². The van der Waals surface area contributed by atoms with Gasteiger partial charge in [-0.2, -0.15) is 10.2 Å². The van der Waals surface area contributed by atoms with Gasteiger partial charge < -0.3 is 20.1 Å². The van der Waals surface area contributed by atoms with Crippen LogP contribution < -0.4 is 10.6 Å². The number of H-pyrrole nitrogens is 1. The highest BCUT2D eigenvalue weighted by molar-refractivity contribution is 6.02. The van der Waals surface area contributed by atoms with Crippen LogP contribution in [0.25, 0.3) is 0 Å². The molecule has 1 saturated carbocycles. The van der Waals surface area contributed by atoms with Crippen LogP contribution in [0.5, 0.6) is 0 Å². The number of methoxy groups -OCH3 is 1. The lowest BCUT2D eigenvalue weighted by molar-refractivity contribution is 0.0972. The SMILES string of the molecule is CC[C@H](C)NC(=O)O[C@@H]1CC[C@H](c2cc(NC(=O)c3ccnn3CCOC)n[nH]2)C1. The van der Waals surface area contributed by atoms with Gasteiger partial charge in [0.15, 0.2) is 5.82 Å². The van der Waals surface area contributed by atoms with Crippen molar-refractivity contribution in [2.45, 2.75) is 64.1 Å². The first-order valence-electron chi connectivity index (χ1n) is 10.3. The van der Waals surface area contributed by atoms with Gasteiger partial charge in [0.25, 0.3) is 5.91 Å². The summed E-state index contributed by atoms with van der Waals surface area (Å²) >= 11 is 0. The normalized spacial score (nSPS) is 19.4. The fraction of sp³-hybridized carbons (Fsp3) is 0.600. The van der Waals surface area contributed by atoms with Crippen molar-refractivity contribution in [3.05, 3.63) is 29.7 Å². The first-order chi connectivity index (χ1) is 14.5. The second-order valence-electron chi connectivity index (χ2n) is 7.59. The maximum atomic E-state index is 12.5. The summed E-state index contributed by atoms with van der Waals surface area (Å²) in [5, 5.41) is 17.0. The quantitative estimate of drug-likeness (QED) is 0.575. The average molecular weight is 418 g/mol. The van der Waals surface area contributed by atoms with E-state index in [0.29, 0.717) is 24.7 Å². The minimum Gasteiger partial charge on any atom is -0.446 e. The van der Waals surface area contributed by atoms with E-state index in [2.05, 4.69) is 25.9 Å². The molecule has 0 aromatic carbocycles. The van der Waals surface area contributed by atoms with E-state index in [1.165, 1.54) is 0 Å². The van der Waals surface area contributed by atoms with Crippen molar-refractivity contribution in [2.75, 3.05) is 19.0 Å². The zero-order valence-electron chi connectivity index (χ0n) is 17.7. The van der Waals surface area contributed by atoms with E-state index in [0.717, 1.165) is 31.4 Å². The molecule has 1 fully saturated rings. The Hall–Kier alpha value is -2.88. The molecule has 0 unspecified atom stereocenters. The maximum Gasteiger partial charge on any atom is 0.407 e. The van der Waals surface area contributed by atoms with Crippen molar-refractivity contribution in [1.29, 1.82) is 0 Å². The Morgan fingerprint density at radius 2 is 2.23 bits per heavy atom. The number of carbonyl (C=O) groups is 2. The Morgan fingerprint density at radius 1 is 1.40 bits per heavy atom. The third kappa shape index (κ3) is 5.59. The van der Waals surface area contributed by atoms with Gasteiger partial charge in [-0.05, 0) is 38.7 Å². The molecule has 0 bridgehead atoms. The number of aromatic nitrogens is 4. The van der Waals surface area contributed by atoms with Crippen molar-refractivity contribution in [3.8, 4) is 0 Å². The first-order valence-corrected chi connectivity index (χ1v) is 10.3. The number of anilines is 1. The van der Waals surface area contributed by atoms with Gasteiger partial charge >= 0.3 is 6.09 Å². The molecule has 10 heteroatoms. The number of aromatic amines is 1. The Morgan fingerprint density at radius 3 is 3.00 bits per heavy atom. The molecule has 30 heavy (non-hydrogen) atoms. The summed E-state index contributed by atoms with van der Waals surface area (Å²) in [6.45, 7) is 4.92. The number of carbonyl (C=O) groups excluding carboxylic acids is 2. The van der Waals surface area contributed by atoms with Gasteiger partial charge in [0.05, 0.1) is 13.2 Å². The fourth-order valence-corrected chi connectivity index (χ4v) is 3.49. The molecule has 2 aromatic rings. The molecule has 0 saturated heterocycles. The molecule has 2 aromatic heterocycles. The van der Waals surface area contributed by atoms with Crippen molar-refractivity contribution in [3.63, 3.8) is 0 Å². The molecule has 3 rings (SSSR count). The molecule has 2 heterocycles. The highest BCUT2D eigenvalue weighted by Gasteiger charge is 2.30. The fourth-order valence-electron chi connectivity index (χ4n) is 3.49. The minimum atomic E-state index is -0.363. The van der Waals surface area contributed by atoms with Crippen LogP contribution in [0.4, 0.5) is 10.6 Å². The minimum absolute atomic E-state index is 0.0966. The van der Waals surface area contributed by atoms with E-state index in [-0.39, 0.29) is 30.1 Å². The Bertz CT molecular complexity index is 848. The second-order valence-corrected chi connectivity index (χ2v) is 7.59. The zero-order chi connectivity index (χ0) is 21.5. The van der Waals surface area contributed by atoms with Gasteiger partial charge in [-0.1, -0.05) is 6.92 Å². The van der Waals surface area contributed by atoms with Gasteiger partial charge in [0.2, 0.25) is 0 Å². The number of nitrogens with zero attached hydrogens (tertiary/aromatic N) is 3. The zero-order valence-corrected chi connectivity index (χ0v) is 17.7. The summed E-state index contributed by atoms with van der Waals surface area (Å²) < 4.78 is 12.2. The standard InChI is InChI=1S/C20H30N6O4/c1-4-13(2)22-20(28)30-15-6-5-14(11-15)16-12-18(25-24-16)23-19(27)17-7-8-21-26(17)9-10-29-3/h7-8,12-15H,4-6,9-11H2,1-3H3,(H,22,28)(H2,23,24,25,27)/t13-,14-,15+/m0/s1. The van der Waals surface area contributed by atoms with Crippen LogP contribution in [-0.4, -0.2) is 57.8 Å². The molecule has 164 valence electrons. The molecule has 0 spiro atoms. The maximum absolute atomic E-state index is 12.5. The van der Waals surface area contributed by atoms with Crippen LogP contribution in [0, 0.1) is 0 Å². The summed E-state index contributed by atoms with van der Waals surface area (Å²) in [5.74, 6) is 0.376. The summed E-state index contributed by atoms with van der Waals surface area (Å²) in [6.07, 6.45) is 4.38.